The number of hydrogen-bond donors (Lipinski definition) is 0. The molecule has 1 heterocycles. The van der Waals surface area contributed by atoms with Gasteiger partial charge in [-0.25, -0.2) is 4.98 Å². The zero-order valence-corrected chi connectivity index (χ0v) is 8.47. The fourth-order valence-corrected chi connectivity index (χ4v) is 1.80. The number of benzene rings is 2. The summed E-state index contributed by atoms with van der Waals surface area (Å²) < 4.78 is 5.48. The number of nitriles is 1. The SMILES string of the molecule is N#CCc1nc2cc3ccccc3cc2o1. The zero-order valence-electron chi connectivity index (χ0n) is 8.47. The summed E-state index contributed by atoms with van der Waals surface area (Å²) >= 11 is 0. The van der Waals surface area contributed by atoms with E-state index in [1.807, 2.05) is 42.5 Å². The minimum absolute atomic E-state index is 0.213. The smallest absolute Gasteiger partial charge is 0.209 e. The van der Waals surface area contributed by atoms with Gasteiger partial charge in [-0.15, -0.1) is 0 Å². The van der Waals surface area contributed by atoms with E-state index < -0.39 is 0 Å². The lowest BCUT2D eigenvalue weighted by molar-refractivity contribution is 0.549. The molecule has 0 fully saturated rings. The van der Waals surface area contributed by atoms with Gasteiger partial charge in [-0.05, 0) is 22.9 Å². The second kappa shape index (κ2) is 3.35. The Morgan fingerprint density at radius 2 is 1.94 bits per heavy atom. The standard InChI is InChI=1S/C13H8N2O/c14-6-5-13-15-11-7-9-3-1-2-4-10(9)8-12(11)16-13/h1-4,7-8H,5H2. The summed E-state index contributed by atoms with van der Waals surface area (Å²) in [5.41, 5.74) is 1.55. The van der Waals surface area contributed by atoms with E-state index in [0.717, 1.165) is 21.9 Å². The van der Waals surface area contributed by atoms with E-state index in [1.54, 1.807) is 0 Å². The lowest BCUT2D eigenvalue weighted by atomic mass is 10.1. The van der Waals surface area contributed by atoms with Gasteiger partial charge in [0.15, 0.2) is 5.58 Å². The molecule has 0 bridgehead atoms. The monoisotopic (exact) mass is 208 g/mol. The quantitative estimate of drug-likeness (QED) is 0.617. The summed E-state index contributed by atoms with van der Waals surface area (Å²) in [6, 6.07) is 14.0. The molecule has 76 valence electrons. The molecule has 0 radical (unpaired) electrons. The highest BCUT2D eigenvalue weighted by Gasteiger charge is 2.06. The van der Waals surface area contributed by atoms with Gasteiger partial charge in [-0.2, -0.15) is 5.26 Å². The minimum atomic E-state index is 0.213. The second-order valence-electron chi connectivity index (χ2n) is 3.61. The van der Waals surface area contributed by atoms with Crippen LogP contribution in [0.4, 0.5) is 0 Å². The fourth-order valence-electron chi connectivity index (χ4n) is 1.80. The van der Waals surface area contributed by atoms with Crippen LogP contribution in [0.25, 0.3) is 21.9 Å². The van der Waals surface area contributed by atoms with Gasteiger partial charge in [0.2, 0.25) is 5.89 Å². The van der Waals surface area contributed by atoms with Crippen LogP contribution in [0.5, 0.6) is 0 Å². The van der Waals surface area contributed by atoms with Gasteiger partial charge >= 0.3 is 0 Å². The van der Waals surface area contributed by atoms with E-state index in [9.17, 15) is 0 Å². The molecular formula is C13H8N2O. The van der Waals surface area contributed by atoms with Gasteiger partial charge in [0.1, 0.15) is 11.9 Å². The first-order valence-corrected chi connectivity index (χ1v) is 5.02. The van der Waals surface area contributed by atoms with E-state index in [-0.39, 0.29) is 6.42 Å². The molecule has 0 saturated heterocycles. The average molecular weight is 208 g/mol. The summed E-state index contributed by atoms with van der Waals surface area (Å²) in [5.74, 6) is 0.479. The third kappa shape index (κ3) is 1.32. The van der Waals surface area contributed by atoms with Gasteiger partial charge < -0.3 is 4.42 Å². The molecule has 0 aliphatic rings. The van der Waals surface area contributed by atoms with Crippen LogP contribution in [0.1, 0.15) is 5.89 Å². The van der Waals surface area contributed by atoms with Crippen molar-refractivity contribution in [2.24, 2.45) is 0 Å². The molecule has 3 heteroatoms. The Kier molecular flexibility index (Phi) is 1.87. The zero-order chi connectivity index (χ0) is 11.0. The number of rotatable bonds is 1. The second-order valence-corrected chi connectivity index (χ2v) is 3.61. The first-order chi connectivity index (χ1) is 7.86. The number of aromatic nitrogens is 1. The van der Waals surface area contributed by atoms with Crippen molar-refractivity contribution in [3.8, 4) is 6.07 Å². The maximum Gasteiger partial charge on any atom is 0.209 e. The first kappa shape index (κ1) is 8.93. The Labute approximate surface area is 91.9 Å². The number of nitrogens with zero attached hydrogens (tertiary/aromatic N) is 2. The Hall–Kier alpha value is -2.34. The highest BCUT2D eigenvalue weighted by molar-refractivity contribution is 5.94. The van der Waals surface area contributed by atoms with E-state index in [1.165, 1.54) is 0 Å². The van der Waals surface area contributed by atoms with Crippen LogP contribution < -0.4 is 0 Å². The van der Waals surface area contributed by atoms with Crippen LogP contribution in [-0.4, -0.2) is 4.98 Å². The van der Waals surface area contributed by atoms with Crippen LogP contribution in [0, 0.1) is 11.3 Å². The van der Waals surface area contributed by atoms with Crippen LogP contribution in [-0.2, 0) is 6.42 Å². The Bertz CT molecular complexity index is 654. The van der Waals surface area contributed by atoms with Gasteiger partial charge in [0.25, 0.3) is 0 Å². The maximum atomic E-state index is 8.58. The van der Waals surface area contributed by atoms with Crippen molar-refractivity contribution in [2.45, 2.75) is 6.42 Å². The van der Waals surface area contributed by atoms with Gasteiger partial charge in [-0.3, -0.25) is 0 Å². The van der Waals surface area contributed by atoms with Crippen LogP contribution in [0.3, 0.4) is 0 Å². The summed E-state index contributed by atoms with van der Waals surface area (Å²) in [7, 11) is 0. The predicted octanol–water partition coefficient (Wildman–Crippen LogP) is 3.05. The minimum Gasteiger partial charge on any atom is -0.440 e. The normalized spacial score (nSPS) is 10.7. The highest BCUT2D eigenvalue weighted by atomic mass is 16.3. The molecule has 0 amide bonds. The van der Waals surface area contributed by atoms with Crippen LogP contribution >= 0.6 is 0 Å². The molecule has 0 spiro atoms. The molecule has 16 heavy (non-hydrogen) atoms. The topological polar surface area (TPSA) is 49.8 Å². The molecule has 0 saturated carbocycles. The van der Waals surface area contributed by atoms with Gasteiger partial charge in [-0.1, -0.05) is 24.3 Å². The molecule has 3 aromatic rings. The third-order valence-electron chi connectivity index (χ3n) is 2.53. The Morgan fingerprint density at radius 3 is 2.69 bits per heavy atom. The lowest BCUT2D eigenvalue weighted by Gasteiger charge is -1.94. The maximum absolute atomic E-state index is 8.58. The average Bonchev–Trinajstić information content (AvgIpc) is 2.67. The summed E-state index contributed by atoms with van der Waals surface area (Å²) in [6.45, 7) is 0. The van der Waals surface area contributed by atoms with Crippen molar-refractivity contribution in [3.63, 3.8) is 0 Å². The van der Waals surface area contributed by atoms with Crippen LogP contribution in [0.2, 0.25) is 0 Å². The van der Waals surface area contributed by atoms with Gasteiger partial charge in [0, 0.05) is 0 Å². The molecule has 0 unspecified atom stereocenters. The van der Waals surface area contributed by atoms with Crippen LogP contribution in [0.15, 0.2) is 40.8 Å². The molecular weight excluding hydrogens is 200 g/mol. The number of hydrogen-bond acceptors (Lipinski definition) is 3. The molecule has 1 aromatic heterocycles. The molecule has 2 aromatic carbocycles. The molecule has 0 N–H and O–H groups in total. The number of oxazole rings is 1. The van der Waals surface area contributed by atoms with E-state index in [2.05, 4.69) is 4.98 Å². The van der Waals surface area contributed by atoms with E-state index in [4.69, 9.17) is 9.68 Å². The summed E-state index contributed by atoms with van der Waals surface area (Å²) in [6.07, 6.45) is 0.213. The summed E-state index contributed by atoms with van der Waals surface area (Å²) in [5, 5.41) is 10.8. The fraction of sp³-hybridized carbons (Fsp3) is 0.0769. The molecule has 3 rings (SSSR count). The van der Waals surface area contributed by atoms with Crippen molar-refractivity contribution >= 4 is 21.9 Å². The molecule has 0 atom stereocenters. The summed E-state index contributed by atoms with van der Waals surface area (Å²) in [4.78, 5) is 4.26. The van der Waals surface area contributed by atoms with E-state index >= 15 is 0 Å². The lowest BCUT2D eigenvalue weighted by Crippen LogP contribution is -1.78. The highest BCUT2D eigenvalue weighted by Crippen LogP contribution is 2.23. The number of fused-ring (bicyclic) bond motifs is 2. The van der Waals surface area contributed by atoms with Crippen molar-refractivity contribution < 1.29 is 4.42 Å². The first-order valence-electron chi connectivity index (χ1n) is 5.02. The van der Waals surface area contributed by atoms with E-state index in [0.29, 0.717) is 5.89 Å². The van der Waals surface area contributed by atoms with Crippen molar-refractivity contribution in [1.82, 2.24) is 4.98 Å². The Balaban J connectivity index is 2.30. The van der Waals surface area contributed by atoms with Crippen molar-refractivity contribution in [3.05, 3.63) is 42.3 Å². The molecule has 3 nitrogen and oxygen atoms in total. The predicted molar refractivity (Wildman–Crippen MR) is 60.8 cm³/mol. The molecule has 0 aliphatic heterocycles. The van der Waals surface area contributed by atoms with Crippen molar-refractivity contribution in [1.29, 1.82) is 5.26 Å². The molecule has 0 aliphatic carbocycles. The largest absolute Gasteiger partial charge is 0.440 e. The Morgan fingerprint density at radius 1 is 1.19 bits per heavy atom. The van der Waals surface area contributed by atoms with Crippen molar-refractivity contribution in [2.75, 3.05) is 0 Å². The third-order valence-corrected chi connectivity index (χ3v) is 2.53. The van der Waals surface area contributed by atoms with Gasteiger partial charge in [0.05, 0.1) is 6.07 Å².